The molecule has 1 saturated heterocycles. The fraction of sp³-hybridized carbons (Fsp3) is 0.917. The molecule has 2 fully saturated rings. The zero-order valence-electron chi connectivity index (χ0n) is 9.57. The molecule has 4 atom stereocenters. The van der Waals surface area contributed by atoms with Crippen LogP contribution in [0.1, 0.15) is 33.1 Å². The van der Waals surface area contributed by atoms with Crippen molar-refractivity contribution in [3.63, 3.8) is 0 Å². The minimum absolute atomic E-state index is 0.390. The topological polar surface area (TPSA) is 33.6 Å². The molecule has 0 aromatic carbocycles. The number of rotatable bonds is 2. The van der Waals surface area contributed by atoms with Crippen molar-refractivity contribution in [2.45, 2.75) is 51.2 Å². The molecular formula is C12H20N2O. The van der Waals surface area contributed by atoms with Crippen LogP contribution in [0.4, 0.5) is 0 Å². The SMILES string of the molecule is CC(C)[C@H]1COC([C@@H]2N[C@H]3CC[C@@H]2C3)=N1. The molecule has 2 heterocycles. The monoisotopic (exact) mass is 208 g/mol. The van der Waals surface area contributed by atoms with Gasteiger partial charge in [-0.2, -0.15) is 0 Å². The van der Waals surface area contributed by atoms with Gasteiger partial charge in [-0.3, -0.25) is 0 Å². The lowest BCUT2D eigenvalue weighted by Crippen LogP contribution is -2.41. The highest BCUT2D eigenvalue weighted by Crippen LogP contribution is 2.36. The van der Waals surface area contributed by atoms with Crippen molar-refractivity contribution in [3.05, 3.63) is 0 Å². The van der Waals surface area contributed by atoms with E-state index in [-0.39, 0.29) is 0 Å². The first-order chi connectivity index (χ1) is 7.24. The summed E-state index contributed by atoms with van der Waals surface area (Å²) >= 11 is 0. The van der Waals surface area contributed by atoms with Gasteiger partial charge in [0, 0.05) is 6.04 Å². The Kier molecular flexibility index (Phi) is 2.23. The van der Waals surface area contributed by atoms with Gasteiger partial charge in [0.25, 0.3) is 0 Å². The summed E-state index contributed by atoms with van der Waals surface area (Å²) in [5.74, 6) is 2.39. The third-order valence-corrected chi connectivity index (χ3v) is 4.09. The Balaban J connectivity index is 1.71. The van der Waals surface area contributed by atoms with Gasteiger partial charge in [0.2, 0.25) is 5.90 Å². The molecule has 3 nitrogen and oxygen atoms in total. The molecule has 0 aromatic heterocycles. The summed E-state index contributed by atoms with van der Waals surface area (Å²) in [7, 11) is 0. The van der Waals surface area contributed by atoms with Crippen LogP contribution >= 0.6 is 0 Å². The van der Waals surface area contributed by atoms with Crippen LogP contribution in [0.3, 0.4) is 0 Å². The van der Waals surface area contributed by atoms with Crippen LogP contribution < -0.4 is 5.32 Å². The molecule has 15 heavy (non-hydrogen) atoms. The Morgan fingerprint density at radius 2 is 2.27 bits per heavy atom. The molecular weight excluding hydrogens is 188 g/mol. The standard InChI is InChI=1S/C12H20N2O/c1-7(2)10-6-15-12(14-10)11-8-3-4-9(5-8)13-11/h7-11,13H,3-6H2,1-2H3/t8-,9+,10-,11-/m1/s1. The number of ether oxygens (including phenoxy) is 1. The quantitative estimate of drug-likeness (QED) is 0.747. The average molecular weight is 208 g/mol. The molecule has 0 amide bonds. The molecule has 0 aromatic rings. The Hall–Kier alpha value is -0.570. The van der Waals surface area contributed by atoms with Gasteiger partial charge in [-0.1, -0.05) is 13.8 Å². The Bertz CT molecular complexity index is 287. The van der Waals surface area contributed by atoms with E-state index in [9.17, 15) is 0 Å². The van der Waals surface area contributed by atoms with E-state index < -0.39 is 0 Å². The molecule has 3 rings (SSSR count). The van der Waals surface area contributed by atoms with Crippen LogP contribution in [-0.2, 0) is 4.74 Å². The molecule has 1 saturated carbocycles. The second kappa shape index (κ2) is 3.48. The molecule has 2 aliphatic heterocycles. The molecule has 3 heteroatoms. The van der Waals surface area contributed by atoms with E-state index >= 15 is 0 Å². The molecule has 2 bridgehead atoms. The predicted molar refractivity (Wildman–Crippen MR) is 60.1 cm³/mol. The van der Waals surface area contributed by atoms with Gasteiger partial charge >= 0.3 is 0 Å². The second-order valence-electron chi connectivity index (χ2n) is 5.50. The van der Waals surface area contributed by atoms with Crippen LogP contribution in [0.25, 0.3) is 0 Å². The molecule has 1 N–H and O–H groups in total. The zero-order valence-corrected chi connectivity index (χ0v) is 9.57. The summed E-state index contributed by atoms with van der Waals surface area (Å²) in [6.07, 6.45) is 4.04. The highest BCUT2D eigenvalue weighted by Gasteiger charge is 2.43. The van der Waals surface area contributed by atoms with Gasteiger partial charge in [0.1, 0.15) is 6.61 Å². The summed E-state index contributed by atoms with van der Waals surface area (Å²) in [4.78, 5) is 4.72. The van der Waals surface area contributed by atoms with Gasteiger partial charge in [0.15, 0.2) is 0 Å². The van der Waals surface area contributed by atoms with Crippen LogP contribution in [0.2, 0.25) is 0 Å². The third-order valence-electron chi connectivity index (χ3n) is 4.09. The predicted octanol–water partition coefficient (Wildman–Crippen LogP) is 1.58. The van der Waals surface area contributed by atoms with Gasteiger partial charge in [0.05, 0.1) is 12.1 Å². The molecule has 0 unspecified atom stereocenters. The zero-order chi connectivity index (χ0) is 10.4. The van der Waals surface area contributed by atoms with E-state index in [2.05, 4.69) is 19.2 Å². The number of aliphatic imine (C=N–C) groups is 1. The van der Waals surface area contributed by atoms with Crippen molar-refractivity contribution >= 4 is 5.90 Å². The number of hydrogen-bond acceptors (Lipinski definition) is 3. The fourth-order valence-electron chi connectivity index (χ4n) is 3.05. The van der Waals surface area contributed by atoms with E-state index in [1.165, 1.54) is 19.3 Å². The van der Waals surface area contributed by atoms with E-state index in [0.717, 1.165) is 24.5 Å². The molecule has 0 radical (unpaired) electrons. The lowest BCUT2D eigenvalue weighted by atomic mass is 10.00. The van der Waals surface area contributed by atoms with Crippen LogP contribution in [0.15, 0.2) is 4.99 Å². The number of hydrogen-bond donors (Lipinski definition) is 1. The summed E-state index contributed by atoms with van der Waals surface area (Å²) in [5, 5.41) is 3.64. The van der Waals surface area contributed by atoms with E-state index in [1.54, 1.807) is 0 Å². The normalized spacial score (nSPS) is 43.5. The largest absolute Gasteiger partial charge is 0.478 e. The Morgan fingerprint density at radius 3 is 2.80 bits per heavy atom. The number of nitrogens with zero attached hydrogens (tertiary/aromatic N) is 1. The summed E-state index contributed by atoms with van der Waals surface area (Å²) in [6.45, 7) is 5.23. The van der Waals surface area contributed by atoms with E-state index in [1.807, 2.05) is 0 Å². The van der Waals surface area contributed by atoms with Crippen molar-refractivity contribution < 1.29 is 4.74 Å². The first-order valence-electron chi connectivity index (χ1n) is 6.20. The maximum absolute atomic E-state index is 5.75. The minimum atomic E-state index is 0.390. The number of piperidine rings is 1. The first kappa shape index (κ1) is 9.64. The summed E-state index contributed by atoms with van der Waals surface area (Å²) in [5.41, 5.74) is 0. The van der Waals surface area contributed by atoms with Gasteiger partial charge < -0.3 is 10.1 Å². The average Bonchev–Trinajstić information content (AvgIpc) is 2.93. The van der Waals surface area contributed by atoms with Crippen molar-refractivity contribution in [1.82, 2.24) is 5.32 Å². The van der Waals surface area contributed by atoms with Crippen LogP contribution in [0.5, 0.6) is 0 Å². The maximum atomic E-state index is 5.75. The lowest BCUT2D eigenvalue weighted by Gasteiger charge is -2.22. The van der Waals surface area contributed by atoms with Gasteiger partial charge in [-0.05, 0) is 31.1 Å². The van der Waals surface area contributed by atoms with Crippen molar-refractivity contribution in [1.29, 1.82) is 0 Å². The Labute approximate surface area is 91.3 Å². The first-order valence-corrected chi connectivity index (χ1v) is 6.20. The van der Waals surface area contributed by atoms with Gasteiger partial charge in [-0.15, -0.1) is 0 Å². The van der Waals surface area contributed by atoms with E-state index in [0.29, 0.717) is 18.0 Å². The molecule has 3 aliphatic rings. The van der Waals surface area contributed by atoms with Crippen molar-refractivity contribution in [2.75, 3.05) is 6.61 Å². The lowest BCUT2D eigenvalue weighted by molar-refractivity contribution is 0.270. The third kappa shape index (κ3) is 1.57. The molecule has 84 valence electrons. The highest BCUT2D eigenvalue weighted by atomic mass is 16.5. The number of nitrogens with one attached hydrogen (secondary N) is 1. The van der Waals surface area contributed by atoms with Crippen molar-refractivity contribution in [2.24, 2.45) is 16.8 Å². The fourth-order valence-corrected chi connectivity index (χ4v) is 3.05. The highest BCUT2D eigenvalue weighted by molar-refractivity contribution is 5.84. The summed E-state index contributed by atoms with van der Waals surface area (Å²) < 4.78 is 5.75. The van der Waals surface area contributed by atoms with Crippen LogP contribution in [-0.4, -0.2) is 30.6 Å². The van der Waals surface area contributed by atoms with Crippen molar-refractivity contribution in [3.8, 4) is 0 Å². The van der Waals surface area contributed by atoms with Gasteiger partial charge in [-0.25, -0.2) is 4.99 Å². The number of fused-ring (bicyclic) bond motifs is 2. The van der Waals surface area contributed by atoms with Crippen LogP contribution in [0, 0.1) is 11.8 Å². The molecule has 0 spiro atoms. The van der Waals surface area contributed by atoms with E-state index in [4.69, 9.17) is 9.73 Å². The summed E-state index contributed by atoms with van der Waals surface area (Å²) in [6, 6.07) is 1.57. The maximum Gasteiger partial charge on any atom is 0.201 e. The minimum Gasteiger partial charge on any atom is -0.478 e. The smallest absolute Gasteiger partial charge is 0.201 e. The molecule has 1 aliphatic carbocycles. The Morgan fingerprint density at radius 1 is 1.40 bits per heavy atom. The second-order valence-corrected chi connectivity index (χ2v) is 5.50.